The van der Waals surface area contributed by atoms with Gasteiger partial charge in [-0.3, -0.25) is 4.79 Å². The minimum Gasteiger partial charge on any atom is -0.353 e. The zero-order valence-electron chi connectivity index (χ0n) is 13.5. The van der Waals surface area contributed by atoms with E-state index in [0.717, 1.165) is 24.8 Å². The van der Waals surface area contributed by atoms with Crippen LogP contribution in [-0.2, 0) is 9.53 Å². The van der Waals surface area contributed by atoms with Crippen LogP contribution in [0.5, 0.6) is 0 Å². The molecule has 2 aliphatic heterocycles. The largest absolute Gasteiger partial charge is 0.353 e. The molecule has 1 aromatic rings. The minimum atomic E-state index is -0.468. The first-order chi connectivity index (χ1) is 10.6. The molecule has 22 heavy (non-hydrogen) atoms. The highest BCUT2D eigenvalue weighted by Crippen LogP contribution is 2.49. The Balaban J connectivity index is 1.98. The van der Waals surface area contributed by atoms with Gasteiger partial charge in [-0.1, -0.05) is 43.3 Å². The van der Waals surface area contributed by atoms with E-state index in [0.29, 0.717) is 12.5 Å². The zero-order chi connectivity index (χ0) is 15.7. The Kier molecular flexibility index (Phi) is 4.09. The molecule has 1 amide bonds. The standard InChI is InChI=1S/C19H25NO2/c1-4-9-15-12-16(5-2)19(3)20(18(15)21)17(13-22-19)14-10-7-6-8-11-14/h4,6-8,10-11,15-17H,1,5,9,12-13H2,2-3H3/t15-,16+,17-,19-/m0/s1. The number of allylic oxidation sites excluding steroid dienone is 1. The molecule has 4 atom stereocenters. The second-order valence-electron chi connectivity index (χ2n) is 6.56. The van der Waals surface area contributed by atoms with Crippen LogP contribution in [0.4, 0.5) is 0 Å². The van der Waals surface area contributed by atoms with Gasteiger partial charge in [0.2, 0.25) is 5.91 Å². The molecule has 0 saturated carbocycles. The fourth-order valence-electron chi connectivity index (χ4n) is 4.11. The normalized spacial score (nSPS) is 34.5. The summed E-state index contributed by atoms with van der Waals surface area (Å²) < 4.78 is 6.19. The van der Waals surface area contributed by atoms with Crippen molar-refractivity contribution >= 4 is 5.91 Å². The highest BCUT2D eigenvalue weighted by molar-refractivity contribution is 5.81. The predicted octanol–water partition coefficient (Wildman–Crippen LogP) is 3.92. The van der Waals surface area contributed by atoms with Gasteiger partial charge in [0.05, 0.1) is 12.6 Å². The molecule has 0 bridgehead atoms. The van der Waals surface area contributed by atoms with E-state index in [4.69, 9.17) is 4.74 Å². The molecule has 2 aliphatic rings. The van der Waals surface area contributed by atoms with Crippen molar-refractivity contribution in [3.8, 4) is 0 Å². The second kappa shape index (κ2) is 5.88. The number of rotatable bonds is 4. The van der Waals surface area contributed by atoms with Gasteiger partial charge in [0.25, 0.3) is 0 Å². The van der Waals surface area contributed by atoms with Crippen LogP contribution in [0.25, 0.3) is 0 Å². The SMILES string of the molecule is C=CC[C@H]1C[C@@H](CC)[C@]2(C)OC[C@@H](c3ccccc3)N2C1=O. The van der Waals surface area contributed by atoms with E-state index >= 15 is 0 Å². The number of carbonyl (C=O) groups is 1. The number of hydrogen-bond donors (Lipinski definition) is 0. The van der Waals surface area contributed by atoms with Gasteiger partial charge in [0.15, 0.2) is 0 Å². The molecule has 0 aromatic heterocycles. The molecule has 0 aliphatic carbocycles. The van der Waals surface area contributed by atoms with Gasteiger partial charge in [0, 0.05) is 11.8 Å². The molecule has 3 heteroatoms. The van der Waals surface area contributed by atoms with E-state index in [-0.39, 0.29) is 17.9 Å². The molecule has 0 radical (unpaired) electrons. The number of amides is 1. The summed E-state index contributed by atoms with van der Waals surface area (Å²) in [4.78, 5) is 15.1. The van der Waals surface area contributed by atoms with Crippen molar-refractivity contribution in [2.75, 3.05) is 6.61 Å². The topological polar surface area (TPSA) is 29.5 Å². The number of fused-ring (bicyclic) bond motifs is 1. The number of benzene rings is 1. The number of carbonyl (C=O) groups excluding carboxylic acids is 1. The Labute approximate surface area is 133 Å². The van der Waals surface area contributed by atoms with Crippen molar-refractivity contribution in [3.05, 3.63) is 48.6 Å². The van der Waals surface area contributed by atoms with E-state index in [9.17, 15) is 4.79 Å². The van der Waals surface area contributed by atoms with Crippen molar-refractivity contribution < 1.29 is 9.53 Å². The third kappa shape index (κ3) is 2.28. The van der Waals surface area contributed by atoms with E-state index in [1.165, 1.54) is 0 Å². The van der Waals surface area contributed by atoms with Crippen molar-refractivity contribution in [3.63, 3.8) is 0 Å². The van der Waals surface area contributed by atoms with Gasteiger partial charge in [-0.2, -0.15) is 0 Å². The van der Waals surface area contributed by atoms with E-state index in [1.807, 2.05) is 29.2 Å². The first kappa shape index (κ1) is 15.3. The molecule has 0 spiro atoms. The maximum atomic E-state index is 13.0. The summed E-state index contributed by atoms with van der Waals surface area (Å²) in [6.45, 7) is 8.68. The minimum absolute atomic E-state index is 0.0281. The molecule has 0 unspecified atom stereocenters. The highest BCUT2D eigenvalue weighted by Gasteiger charge is 2.56. The molecule has 2 fully saturated rings. The van der Waals surface area contributed by atoms with Gasteiger partial charge in [-0.05, 0) is 31.7 Å². The summed E-state index contributed by atoms with van der Waals surface area (Å²) >= 11 is 0. The Morgan fingerprint density at radius 3 is 2.77 bits per heavy atom. The van der Waals surface area contributed by atoms with Crippen LogP contribution in [0, 0.1) is 11.8 Å². The van der Waals surface area contributed by atoms with Crippen LogP contribution in [0.1, 0.15) is 44.7 Å². The van der Waals surface area contributed by atoms with Crippen molar-refractivity contribution in [1.29, 1.82) is 0 Å². The first-order valence-electron chi connectivity index (χ1n) is 8.24. The summed E-state index contributed by atoms with van der Waals surface area (Å²) in [6, 6.07) is 10.3. The van der Waals surface area contributed by atoms with Crippen LogP contribution in [-0.4, -0.2) is 23.1 Å². The van der Waals surface area contributed by atoms with E-state index in [1.54, 1.807) is 0 Å². The lowest BCUT2D eigenvalue weighted by molar-refractivity contribution is -0.178. The number of piperidine rings is 1. The Morgan fingerprint density at radius 1 is 1.41 bits per heavy atom. The van der Waals surface area contributed by atoms with Gasteiger partial charge in [0.1, 0.15) is 5.72 Å². The lowest BCUT2D eigenvalue weighted by Gasteiger charge is -2.48. The monoisotopic (exact) mass is 299 g/mol. The first-order valence-corrected chi connectivity index (χ1v) is 8.24. The van der Waals surface area contributed by atoms with Crippen molar-refractivity contribution in [1.82, 2.24) is 4.90 Å². The Bertz CT molecular complexity index is 556. The molecule has 2 saturated heterocycles. The van der Waals surface area contributed by atoms with Gasteiger partial charge >= 0.3 is 0 Å². The molecule has 1 aromatic carbocycles. The van der Waals surface area contributed by atoms with Crippen LogP contribution >= 0.6 is 0 Å². The van der Waals surface area contributed by atoms with Crippen molar-refractivity contribution in [2.45, 2.75) is 44.9 Å². The Morgan fingerprint density at radius 2 is 2.14 bits per heavy atom. The van der Waals surface area contributed by atoms with Crippen molar-refractivity contribution in [2.24, 2.45) is 11.8 Å². The third-order valence-electron chi connectivity index (χ3n) is 5.36. The molecule has 3 rings (SSSR count). The lowest BCUT2D eigenvalue weighted by atomic mass is 9.77. The molecular formula is C19H25NO2. The quantitative estimate of drug-likeness (QED) is 0.789. The van der Waals surface area contributed by atoms with Crippen LogP contribution in [0.2, 0.25) is 0 Å². The Hall–Kier alpha value is -1.61. The van der Waals surface area contributed by atoms with Crippen LogP contribution in [0.15, 0.2) is 43.0 Å². The van der Waals surface area contributed by atoms with Crippen LogP contribution < -0.4 is 0 Å². The molecule has 118 valence electrons. The maximum Gasteiger partial charge on any atom is 0.228 e. The number of ether oxygens (including phenoxy) is 1. The second-order valence-corrected chi connectivity index (χ2v) is 6.56. The summed E-state index contributed by atoms with van der Waals surface area (Å²) in [7, 11) is 0. The fraction of sp³-hybridized carbons (Fsp3) is 0.526. The molecule has 3 nitrogen and oxygen atoms in total. The summed E-state index contributed by atoms with van der Waals surface area (Å²) in [5, 5.41) is 0. The van der Waals surface area contributed by atoms with E-state index < -0.39 is 5.72 Å². The summed E-state index contributed by atoms with van der Waals surface area (Å²) in [6.07, 6.45) is 4.54. The maximum absolute atomic E-state index is 13.0. The number of hydrogen-bond acceptors (Lipinski definition) is 2. The number of nitrogens with zero attached hydrogens (tertiary/aromatic N) is 1. The summed E-state index contributed by atoms with van der Waals surface area (Å²) in [5.74, 6) is 0.644. The summed E-state index contributed by atoms with van der Waals surface area (Å²) in [5.41, 5.74) is 0.693. The van der Waals surface area contributed by atoms with E-state index in [2.05, 4.69) is 32.6 Å². The predicted molar refractivity (Wildman–Crippen MR) is 87.1 cm³/mol. The van der Waals surface area contributed by atoms with Gasteiger partial charge in [-0.25, -0.2) is 0 Å². The van der Waals surface area contributed by atoms with Gasteiger partial charge < -0.3 is 9.64 Å². The molecular weight excluding hydrogens is 274 g/mol. The average molecular weight is 299 g/mol. The molecule has 0 N–H and O–H groups in total. The highest BCUT2D eigenvalue weighted by atomic mass is 16.5. The van der Waals surface area contributed by atoms with Gasteiger partial charge in [-0.15, -0.1) is 6.58 Å². The smallest absolute Gasteiger partial charge is 0.228 e. The third-order valence-corrected chi connectivity index (χ3v) is 5.36. The average Bonchev–Trinajstić information content (AvgIpc) is 2.90. The zero-order valence-corrected chi connectivity index (χ0v) is 13.5. The lowest BCUT2D eigenvalue weighted by Crippen LogP contribution is -2.58. The van der Waals surface area contributed by atoms with Crippen LogP contribution in [0.3, 0.4) is 0 Å². The fourth-order valence-corrected chi connectivity index (χ4v) is 4.11. The molecule has 2 heterocycles.